The van der Waals surface area contributed by atoms with E-state index >= 15 is 0 Å². The molecule has 5 heteroatoms. The van der Waals surface area contributed by atoms with Gasteiger partial charge in [-0.05, 0) is 38.8 Å². The smallest absolute Gasteiger partial charge is 0.0594 e. The Morgan fingerprint density at radius 1 is 1.04 bits per heavy atom. The highest BCUT2D eigenvalue weighted by Crippen LogP contribution is 2.29. The Labute approximate surface area is 162 Å². The first-order valence-corrected chi connectivity index (χ1v) is 10.3. The molecule has 1 aromatic heterocycles. The molecule has 0 aliphatic carbocycles. The maximum absolute atomic E-state index is 5.48. The zero-order valence-corrected chi connectivity index (χ0v) is 16.7. The Morgan fingerprint density at radius 3 is 2.59 bits per heavy atom. The van der Waals surface area contributed by atoms with Crippen molar-refractivity contribution in [1.29, 1.82) is 0 Å². The zero-order valence-electron chi connectivity index (χ0n) is 16.7. The molecule has 1 unspecified atom stereocenters. The molecule has 146 valence electrons. The van der Waals surface area contributed by atoms with Crippen LogP contribution in [-0.4, -0.2) is 59.4 Å². The first-order valence-electron chi connectivity index (χ1n) is 10.3. The predicted molar refractivity (Wildman–Crippen MR) is 108 cm³/mol. The van der Waals surface area contributed by atoms with Crippen molar-refractivity contribution in [2.24, 2.45) is 0 Å². The molecule has 2 aliphatic heterocycles. The highest BCUT2D eigenvalue weighted by atomic mass is 16.5. The number of aryl methyl sites for hydroxylation is 2. The second-order valence-electron chi connectivity index (χ2n) is 8.27. The average Bonchev–Trinajstić information content (AvgIpc) is 3.10. The van der Waals surface area contributed by atoms with Gasteiger partial charge in [0.15, 0.2) is 0 Å². The summed E-state index contributed by atoms with van der Waals surface area (Å²) in [6, 6.07) is 6.92. The summed E-state index contributed by atoms with van der Waals surface area (Å²) in [5.41, 5.74) is 6.88. The highest BCUT2D eigenvalue weighted by Gasteiger charge is 2.25. The first kappa shape index (κ1) is 18.7. The third kappa shape index (κ3) is 4.78. The number of hydrogen-bond donors (Lipinski definition) is 1. The Hall–Kier alpha value is -1.69. The Kier molecular flexibility index (Phi) is 5.91. The van der Waals surface area contributed by atoms with Crippen molar-refractivity contribution >= 4 is 0 Å². The lowest BCUT2D eigenvalue weighted by atomic mass is 9.92. The lowest BCUT2D eigenvalue weighted by molar-refractivity contribution is 0.0339. The number of likely N-dealkylation sites (tertiary alicyclic amines) is 1. The quantitative estimate of drug-likeness (QED) is 0.880. The molecule has 1 aromatic carbocycles. The van der Waals surface area contributed by atoms with Crippen molar-refractivity contribution in [1.82, 2.24) is 20.0 Å². The molecule has 0 spiro atoms. The van der Waals surface area contributed by atoms with Crippen LogP contribution in [0.25, 0.3) is 0 Å². The summed E-state index contributed by atoms with van der Waals surface area (Å²) in [6.45, 7) is 12.5. The molecule has 2 aliphatic rings. The van der Waals surface area contributed by atoms with E-state index < -0.39 is 0 Å². The number of piperidine rings is 1. The fourth-order valence-corrected chi connectivity index (χ4v) is 4.65. The van der Waals surface area contributed by atoms with Crippen LogP contribution in [0.5, 0.6) is 0 Å². The van der Waals surface area contributed by atoms with E-state index in [-0.39, 0.29) is 0 Å². The molecule has 3 heterocycles. The van der Waals surface area contributed by atoms with Crippen LogP contribution < -0.4 is 0 Å². The first-order chi connectivity index (χ1) is 13.2. The van der Waals surface area contributed by atoms with Crippen LogP contribution in [0.3, 0.4) is 0 Å². The number of morpholine rings is 1. The molecule has 2 saturated heterocycles. The van der Waals surface area contributed by atoms with Gasteiger partial charge in [-0.3, -0.25) is 14.9 Å². The molecule has 0 amide bonds. The van der Waals surface area contributed by atoms with Gasteiger partial charge in [0.25, 0.3) is 0 Å². The van der Waals surface area contributed by atoms with E-state index in [1.54, 1.807) is 0 Å². The average molecular weight is 369 g/mol. The molecule has 5 nitrogen and oxygen atoms in total. The molecule has 1 atom stereocenters. The van der Waals surface area contributed by atoms with Gasteiger partial charge in [-0.1, -0.05) is 29.3 Å². The van der Waals surface area contributed by atoms with Crippen molar-refractivity contribution in [2.75, 3.05) is 39.4 Å². The van der Waals surface area contributed by atoms with Gasteiger partial charge in [-0.2, -0.15) is 5.10 Å². The largest absolute Gasteiger partial charge is 0.379 e. The summed E-state index contributed by atoms with van der Waals surface area (Å²) in [5.74, 6) is 0.559. The predicted octanol–water partition coefficient (Wildman–Crippen LogP) is 3.24. The number of aromatic nitrogens is 2. The van der Waals surface area contributed by atoms with Crippen LogP contribution in [0.2, 0.25) is 0 Å². The van der Waals surface area contributed by atoms with Gasteiger partial charge >= 0.3 is 0 Å². The van der Waals surface area contributed by atoms with E-state index in [1.807, 2.05) is 6.20 Å². The second-order valence-corrected chi connectivity index (χ2v) is 8.27. The standard InChI is InChI=1S/C22H32N4O/c1-17-10-18(2)12-19(11-17)14-26-5-3-4-20(15-26)22-21(13-23-24-22)16-25-6-8-27-9-7-25/h10-13,20H,3-9,14-16H2,1-2H3,(H,23,24). The van der Waals surface area contributed by atoms with Gasteiger partial charge < -0.3 is 4.74 Å². The molecule has 2 fully saturated rings. The van der Waals surface area contributed by atoms with Gasteiger partial charge in [0, 0.05) is 49.9 Å². The number of H-pyrrole nitrogens is 1. The van der Waals surface area contributed by atoms with Gasteiger partial charge in [-0.15, -0.1) is 0 Å². The minimum atomic E-state index is 0.559. The van der Waals surface area contributed by atoms with Crippen LogP contribution in [0.1, 0.15) is 46.7 Å². The summed E-state index contributed by atoms with van der Waals surface area (Å²) >= 11 is 0. The molecule has 4 rings (SSSR count). The van der Waals surface area contributed by atoms with Crippen LogP contribution in [-0.2, 0) is 17.8 Å². The maximum Gasteiger partial charge on any atom is 0.0594 e. The fourth-order valence-electron chi connectivity index (χ4n) is 4.65. The number of aromatic amines is 1. The Balaban J connectivity index is 1.41. The molecule has 1 N–H and O–H groups in total. The number of nitrogens with one attached hydrogen (secondary N) is 1. The maximum atomic E-state index is 5.48. The molecular weight excluding hydrogens is 336 g/mol. The van der Waals surface area contributed by atoms with Gasteiger partial charge in [0.2, 0.25) is 0 Å². The van der Waals surface area contributed by atoms with E-state index in [9.17, 15) is 0 Å². The monoisotopic (exact) mass is 368 g/mol. The van der Waals surface area contributed by atoms with Gasteiger partial charge in [-0.25, -0.2) is 0 Å². The van der Waals surface area contributed by atoms with Crippen LogP contribution in [0, 0.1) is 13.8 Å². The van der Waals surface area contributed by atoms with Crippen LogP contribution in [0.4, 0.5) is 0 Å². The summed E-state index contributed by atoms with van der Waals surface area (Å²) < 4.78 is 5.48. The molecule has 0 radical (unpaired) electrons. The van der Waals surface area contributed by atoms with Gasteiger partial charge in [0.05, 0.1) is 19.4 Å². The lowest BCUT2D eigenvalue weighted by Crippen LogP contribution is -2.37. The van der Waals surface area contributed by atoms with Crippen LogP contribution in [0.15, 0.2) is 24.4 Å². The van der Waals surface area contributed by atoms with Crippen LogP contribution >= 0.6 is 0 Å². The minimum absolute atomic E-state index is 0.559. The van der Waals surface area contributed by atoms with Crippen molar-refractivity contribution < 1.29 is 4.74 Å². The minimum Gasteiger partial charge on any atom is -0.379 e. The number of rotatable bonds is 5. The van der Waals surface area contributed by atoms with Crippen molar-refractivity contribution in [3.8, 4) is 0 Å². The van der Waals surface area contributed by atoms with Crippen molar-refractivity contribution in [3.63, 3.8) is 0 Å². The van der Waals surface area contributed by atoms with E-state index in [4.69, 9.17) is 4.74 Å². The SMILES string of the molecule is Cc1cc(C)cc(CN2CCCC(c3[nH]ncc3CN3CCOCC3)C2)c1. The zero-order chi connectivity index (χ0) is 18.6. The Bertz CT molecular complexity index is 730. The molecule has 2 aromatic rings. The molecular formula is C22H32N4O. The van der Waals surface area contributed by atoms with Crippen molar-refractivity contribution in [3.05, 3.63) is 52.3 Å². The fraction of sp³-hybridized carbons (Fsp3) is 0.591. The van der Waals surface area contributed by atoms with Crippen molar-refractivity contribution in [2.45, 2.75) is 45.7 Å². The molecule has 27 heavy (non-hydrogen) atoms. The van der Waals surface area contributed by atoms with E-state index in [1.165, 1.54) is 47.3 Å². The molecule has 0 saturated carbocycles. The number of nitrogens with zero attached hydrogens (tertiary/aromatic N) is 3. The summed E-state index contributed by atoms with van der Waals surface area (Å²) in [5, 5.41) is 7.73. The second kappa shape index (κ2) is 8.55. The highest BCUT2D eigenvalue weighted by molar-refractivity contribution is 5.28. The summed E-state index contributed by atoms with van der Waals surface area (Å²) in [7, 11) is 0. The summed E-state index contributed by atoms with van der Waals surface area (Å²) in [6.07, 6.45) is 4.54. The lowest BCUT2D eigenvalue weighted by Gasteiger charge is -2.33. The molecule has 0 bridgehead atoms. The number of ether oxygens (including phenoxy) is 1. The van der Waals surface area contributed by atoms with Gasteiger partial charge in [0.1, 0.15) is 0 Å². The number of hydrogen-bond acceptors (Lipinski definition) is 4. The Morgan fingerprint density at radius 2 is 1.81 bits per heavy atom. The summed E-state index contributed by atoms with van der Waals surface area (Å²) in [4.78, 5) is 5.09. The normalized spacial score (nSPS) is 22.2. The number of benzene rings is 1. The van der Waals surface area contributed by atoms with E-state index in [2.05, 4.69) is 52.0 Å². The van der Waals surface area contributed by atoms with E-state index in [0.29, 0.717) is 5.92 Å². The third-order valence-corrected chi connectivity index (χ3v) is 5.85. The third-order valence-electron chi connectivity index (χ3n) is 5.85. The topological polar surface area (TPSA) is 44.4 Å². The van der Waals surface area contributed by atoms with E-state index in [0.717, 1.165) is 45.9 Å².